The number of rotatable bonds is 4. The largest absolute Gasteiger partial charge is 0.436 e. The van der Waals surface area contributed by atoms with Gasteiger partial charge in [-0.15, -0.1) is 0 Å². The van der Waals surface area contributed by atoms with Gasteiger partial charge in [-0.2, -0.15) is 0 Å². The van der Waals surface area contributed by atoms with Crippen LogP contribution in [0.1, 0.15) is 11.1 Å². The van der Waals surface area contributed by atoms with Crippen LogP contribution in [-0.2, 0) is 0 Å². The van der Waals surface area contributed by atoms with Crippen molar-refractivity contribution in [2.45, 2.75) is 13.8 Å². The lowest BCUT2D eigenvalue weighted by molar-refractivity contribution is 0.587. The predicted molar refractivity (Wildman–Crippen MR) is 118 cm³/mol. The van der Waals surface area contributed by atoms with E-state index >= 15 is 0 Å². The fourth-order valence-electron chi connectivity index (χ4n) is 3.27. The van der Waals surface area contributed by atoms with Crippen molar-refractivity contribution >= 4 is 0 Å². The molecule has 0 fully saturated rings. The Kier molecular flexibility index (Phi) is 4.52. The van der Waals surface area contributed by atoms with Gasteiger partial charge in [0, 0.05) is 22.3 Å². The molecule has 0 amide bonds. The van der Waals surface area contributed by atoms with Crippen molar-refractivity contribution < 1.29 is 8.83 Å². The molecule has 0 unspecified atom stereocenters. The zero-order valence-corrected chi connectivity index (χ0v) is 16.8. The van der Waals surface area contributed by atoms with Crippen LogP contribution in [-0.4, -0.2) is 9.97 Å². The van der Waals surface area contributed by atoms with Gasteiger partial charge in [0.25, 0.3) is 0 Å². The topological polar surface area (TPSA) is 52.1 Å². The average molecular weight is 392 g/mol. The van der Waals surface area contributed by atoms with Crippen molar-refractivity contribution in [3.63, 3.8) is 0 Å². The third kappa shape index (κ3) is 3.55. The van der Waals surface area contributed by atoms with E-state index in [0.29, 0.717) is 11.8 Å². The molecule has 0 spiro atoms. The maximum atomic E-state index is 5.97. The molecule has 5 rings (SSSR count). The van der Waals surface area contributed by atoms with Gasteiger partial charge in [0.2, 0.25) is 11.8 Å². The molecule has 0 N–H and O–H groups in total. The van der Waals surface area contributed by atoms with Crippen molar-refractivity contribution in [2.75, 3.05) is 0 Å². The molecule has 0 radical (unpaired) electrons. The van der Waals surface area contributed by atoms with Crippen molar-refractivity contribution in [1.29, 1.82) is 0 Å². The van der Waals surface area contributed by atoms with E-state index in [1.54, 1.807) is 12.4 Å². The number of benzene rings is 3. The monoisotopic (exact) mass is 392 g/mol. The SMILES string of the molecule is Cc1ccc(-c2ncc(-c3ccc(-c4cnc(-c5ccc(C)cc5)o4)cc3)o2)cc1. The number of hydrogen-bond acceptors (Lipinski definition) is 4. The molecule has 0 bridgehead atoms. The molecule has 3 aromatic carbocycles. The molecule has 5 aromatic rings. The highest BCUT2D eigenvalue weighted by molar-refractivity contribution is 5.67. The van der Waals surface area contributed by atoms with E-state index in [1.165, 1.54) is 11.1 Å². The Bertz CT molecular complexity index is 1180. The van der Waals surface area contributed by atoms with Gasteiger partial charge < -0.3 is 8.83 Å². The van der Waals surface area contributed by atoms with E-state index in [2.05, 4.69) is 48.1 Å². The number of oxazole rings is 2. The normalized spacial score (nSPS) is 11.0. The second-order valence-corrected chi connectivity index (χ2v) is 7.37. The third-order valence-electron chi connectivity index (χ3n) is 5.06. The van der Waals surface area contributed by atoms with Gasteiger partial charge in [0.1, 0.15) is 0 Å². The summed E-state index contributed by atoms with van der Waals surface area (Å²) in [6.45, 7) is 4.12. The van der Waals surface area contributed by atoms with Crippen LogP contribution in [0.2, 0.25) is 0 Å². The highest BCUT2D eigenvalue weighted by Gasteiger charge is 2.11. The summed E-state index contributed by atoms with van der Waals surface area (Å²) in [4.78, 5) is 8.84. The highest BCUT2D eigenvalue weighted by atomic mass is 16.4. The van der Waals surface area contributed by atoms with Crippen LogP contribution in [0.15, 0.2) is 94.0 Å². The van der Waals surface area contributed by atoms with Crippen molar-refractivity contribution in [3.8, 4) is 45.6 Å². The van der Waals surface area contributed by atoms with Gasteiger partial charge in [-0.25, -0.2) is 9.97 Å². The van der Waals surface area contributed by atoms with Crippen LogP contribution in [0, 0.1) is 13.8 Å². The molecule has 2 aromatic heterocycles. The number of aryl methyl sites for hydroxylation is 2. The lowest BCUT2D eigenvalue weighted by Crippen LogP contribution is -1.78. The quantitative estimate of drug-likeness (QED) is 0.332. The summed E-state index contributed by atoms with van der Waals surface area (Å²) in [6.07, 6.45) is 3.52. The van der Waals surface area contributed by atoms with Gasteiger partial charge in [0.05, 0.1) is 12.4 Å². The lowest BCUT2D eigenvalue weighted by atomic mass is 10.1. The van der Waals surface area contributed by atoms with Crippen LogP contribution in [0.4, 0.5) is 0 Å². The molecule has 0 aliphatic rings. The molecule has 0 aliphatic heterocycles. The van der Waals surface area contributed by atoms with Crippen LogP contribution in [0.3, 0.4) is 0 Å². The Morgan fingerprint density at radius 1 is 0.467 bits per heavy atom. The first-order valence-electron chi connectivity index (χ1n) is 9.82. The summed E-state index contributed by atoms with van der Waals surface area (Å²) >= 11 is 0. The Morgan fingerprint density at radius 3 is 1.17 bits per heavy atom. The van der Waals surface area contributed by atoms with Crippen molar-refractivity contribution in [2.24, 2.45) is 0 Å². The highest BCUT2D eigenvalue weighted by Crippen LogP contribution is 2.30. The number of nitrogens with zero attached hydrogens (tertiary/aromatic N) is 2. The van der Waals surface area contributed by atoms with E-state index < -0.39 is 0 Å². The first-order chi connectivity index (χ1) is 14.7. The second kappa shape index (κ2) is 7.48. The maximum absolute atomic E-state index is 5.97. The molecule has 0 aliphatic carbocycles. The Labute approximate surface area is 174 Å². The average Bonchev–Trinajstić information content (AvgIpc) is 3.45. The summed E-state index contributed by atoms with van der Waals surface area (Å²) < 4.78 is 11.9. The van der Waals surface area contributed by atoms with Crippen LogP contribution in [0.5, 0.6) is 0 Å². The molecule has 0 saturated heterocycles. The number of hydrogen-bond donors (Lipinski definition) is 0. The first-order valence-corrected chi connectivity index (χ1v) is 9.82. The summed E-state index contributed by atoms with van der Waals surface area (Å²) in [7, 11) is 0. The number of aromatic nitrogens is 2. The van der Waals surface area contributed by atoms with Gasteiger partial charge in [0.15, 0.2) is 11.5 Å². The summed E-state index contributed by atoms with van der Waals surface area (Å²) in [5.41, 5.74) is 6.27. The molecule has 30 heavy (non-hydrogen) atoms. The van der Waals surface area contributed by atoms with E-state index in [-0.39, 0.29) is 0 Å². The second-order valence-electron chi connectivity index (χ2n) is 7.37. The fraction of sp³-hybridized carbons (Fsp3) is 0.0769. The molecular formula is C26H20N2O2. The minimum atomic E-state index is 0.618. The molecule has 2 heterocycles. The van der Waals surface area contributed by atoms with E-state index in [1.807, 2.05) is 48.5 Å². The molecule has 0 saturated carbocycles. The Morgan fingerprint density at radius 2 is 0.800 bits per heavy atom. The summed E-state index contributed by atoms with van der Waals surface area (Å²) in [5.74, 6) is 2.70. The maximum Gasteiger partial charge on any atom is 0.226 e. The van der Waals surface area contributed by atoms with E-state index in [0.717, 1.165) is 33.8 Å². The van der Waals surface area contributed by atoms with Crippen LogP contribution < -0.4 is 0 Å². The minimum absolute atomic E-state index is 0.618. The van der Waals surface area contributed by atoms with Gasteiger partial charge in [-0.3, -0.25) is 0 Å². The standard InChI is InChI=1S/C26H20N2O2/c1-17-3-7-21(8-4-17)25-27-15-23(29-25)19-11-13-20(14-12-19)24-16-28-26(30-24)22-9-5-18(2)6-10-22/h3-16H,1-2H3. The summed E-state index contributed by atoms with van der Waals surface area (Å²) in [6, 6.07) is 24.3. The molecule has 4 heteroatoms. The zero-order chi connectivity index (χ0) is 20.5. The van der Waals surface area contributed by atoms with Gasteiger partial charge in [-0.05, 0) is 38.1 Å². The van der Waals surface area contributed by atoms with Crippen LogP contribution in [0.25, 0.3) is 45.6 Å². The zero-order valence-electron chi connectivity index (χ0n) is 16.8. The molecule has 0 atom stereocenters. The smallest absolute Gasteiger partial charge is 0.226 e. The van der Waals surface area contributed by atoms with Crippen molar-refractivity contribution in [3.05, 3.63) is 96.3 Å². The van der Waals surface area contributed by atoms with Gasteiger partial charge >= 0.3 is 0 Å². The van der Waals surface area contributed by atoms with Gasteiger partial charge in [-0.1, -0.05) is 59.7 Å². The van der Waals surface area contributed by atoms with Crippen molar-refractivity contribution in [1.82, 2.24) is 9.97 Å². The summed E-state index contributed by atoms with van der Waals surface area (Å²) in [5, 5.41) is 0. The predicted octanol–water partition coefficient (Wildman–Crippen LogP) is 6.95. The molecule has 4 nitrogen and oxygen atoms in total. The first kappa shape index (κ1) is 18.1. The Balaban J connectivity index is 1.37. The molecular weight excluding hydrogens is 372 g/mol. The third-order valence-corrected chi connectivity index (χ3v) is 5.06. The molecule has 146 valence electrons. The van der Waals surface area contributed by atoms with E-state index in [4.69, 9.17) is 8.83 Å². The Hall–Kier alpha value is -3.92. The fourth-order valence-corrected chi connectivity index (χ4v) is 3.27. The minimum Gasteiger partial charge on any atom is -0.436 e. The van der Waals surface area contributed by atoms with E-state index in [9.17, 15) is 0 Å². The van der Waals surface area contributed by atoms with Crippen LogP contribution >= 0.6 is 0 Å². The lowest BCUT2D eigenvalue weighted by Gasteiger charge is -2.00.